The molecule has 0 radical (unpaired) electrons. The zero-order valence-corrected chi connectivity index (χ0v) is 9.41. The molecular formula is C11H9ClFN3O. The molecule has 4 nitrogen and oxygen atoms in total. The molecular weight excluding hydrogens is 245 g/mol. The highest BCUT2D eigenvalue weighted by molar-refractivity contribution is 6.33. The van der Waals surface area contributed by atoms with Crippen LogP contribution in [0.15, 0.2) is 30.6 Å². The lowest BCUT2D eigenvalue weighted by molar-refractivity contribution is 0.443. The van der Waals surface area contributed by atoms with E-state index in [1.807, 2.05) is 0 Å². The number of ether oxygens (including phenoxy) is 1. The molecule has 1 aromatic carbocycles. The fraction of sp³-hybridized carbons (Fsp3) is 0. The third-order valence-electron chi connectivity index (χ3n) is 2.07. The van der Waals surface area contributed by atoms with Crippen LogP contribution in [0, 0.1) is 5.82 Å². The summed E-state index contributed by atoms with van der Waals surface area (Å²) in [6.07, 6.45) is 3.01. The lowest BCUT2D eigenvalue weighted by atomic mass is 10.2. The molecule has 4 N–H and O–H groups in total. The fourth-order valence-electron chi connectivity index (χ4n) is 1.28. The number of nitrogen functional groups attached to an aromatic ring is 2. The number of benzene rings is 1. The van der Waals surface area contributed by atoms with E-state index in [-0.39, 0.29) is 22.1 Å². The Morgan fingerprint density at radius 1 is 1.29 bits per heavy atom. The Morgan fingerprint density at radius 3 is 2.71 bits per heavy atom. The molecule has 2 rings (SSSR count). The second-order valence-corrected chi connectivity index (χ2v) is 3.68. The number of hydrogen-bond acceptors (Lipinski definition) is 4. The Morgan fingerprint density at radius 2 is 2.06 bits per heavy atom. The van der Waals surface area contributed by atoms with Gasteiger partial charge in [0.2, 0.25) is 0 Å². The van der Waals surface area contributed by atoms with Gasteiger partial charge in [-0.25, -0.2) is 4.39 Å². The zero-order chi connectivity index (χ0) is 12.4. The van der Waals surface area contributed by atoms with Crippen LogP contribution in [0.3, 0.4) is 0 Å². The van der Waals surface area contributed by atoms with Crippen molar-refractivity contribution in [3.63, 3.8) is 0 Å². The van der Waals surface area contributed by atoms with Gasteiger partial charge in [-0.15, -0.1) is 0 Å². The van der Waals surface area contributed by atoms with Gasteiger partial charge >= 0.3 is 0 Å². The number of nitrogens with two attached hydrogens (primary N) is 2. The molecule has 6 heteroatoms. The minimum Gasteiger partial charge on any atom is -0.450 e. The largest absolute Gasteiger partial charge is 0.450 e. The number of aromatic nitrogens is 1. The van der Waals surface area contributed by atoms with Crippen LogP contribution in [-0.4, -0.2) is 4.98 Å². The van der Waals surface area contributed by atoms with Gasteiger partial charge in [-0.2, -0.15) is 0 Å². The molecule has 1 aromatic heterocycles. The Labute approximate surface area is 102 Å². The predicted octanol–water partition coefficient (Wildman–Crippen LogP) is 2.83. The van der Waals surface area contributed by atoms with E-state index in [2.05, 4.69) is 4.98 Å². The first-order chi connectivity index (χ1) is 8.09. The summed E-state index contributed by atoms with van der Waals surface area (Å²) in [5.41, 5.74) is 11.2. The van der Waals surface area contributed by atoms with Crippen molar-refractivity contribution in [3.8, 4) is 11.5 Å². The van der Waals surface area contributed by atoms with E-state index in [9.17, 15) is 4.39 Å². The maximum atomic E-state index is 13.8. The lowest BCUT2D eigenvalue weighted by Gasteiger charge is -2.11. The summed E-state index contributed by atoms with van der Waals surface area (Å²) in [5.74, 6) is -0.579. The molecule has 0 spiro atoms. The average molecular weight is 254 g/mol. The maximum Gasteiger partial charge on any atom is 0.188 e. The predicted molar refractivity (Wildman–Crippen MR) is 64.5 cm³/mol. The number of rotatable bonds is 2. The Bertz CT molecular complexity index is 548. The molecule has 0 saturated carbocycles. The van der Waals surface area contributed by atoms with Gasteiger partial charge in [0.05, 0.1) is 17.6 Å². The van der Waals surface area contributed by atoms with E-state index >= 15 is 0 Å². The van der Waals surface area contributed by atoms with E-state index in [4.69, 9.17) is 27.8 Å². The molecule has 0 bridgehead atoms. The van der Waals surface area contributed by atoms with Gasteiger partial charge in [-0.05, 0) is 18.2 Å². The molecule has 0 aliphatic carbocycles. The topological polar surface area (TPSA) is 74.2 Å². The molecule has 2 aromatic rings. The van der Waals surface area contributed by atoms with Crippen LogP contribution in [-0.2, 0) is 0 Å². The van der Waals surface area contributed by atoms with E-state index in [1.165, 1.54) is 12.3 Å². The van der Waals surface area contributed by atoms with Gasteiger partial charge in [0, 0.05) is 6.20 Å². The van der Waals surface area contributed by atoms with Gasteiger partial charge in [0.1, 0.15) is 10.8 Å². The van der Waals surface area contributed by atoms with Crippen LogP contribution < -0.4 is 16.2 Å². The number of pyridine rings is 1. The minimum atomic E-state index is -0.784. The highest BCUT2D eigenvalue weighted by Crippen LogP contribution is 2.37. The third kappa shape index (κ3) is 2.24. The Hall–Kier alpha value is -2.01. The van der Waals surface area contributed by atoms with E-state index in [0.717, 1.165) is 0 Å². The van der Waals surface area contributed by atoms with E-state index < -0.39 is 5.82 Å². The van der Waals surface area contributed by atoms with Gasteiger partial charge in [0.25, 0.3) is 0 Å². The van der Waals surface area contributed by atoms with Crippen molar-refractivity contribution in [2.24, 2.45) is 0 Å². The summed E-state index contributed by atoms with van der Waals surface area (Å²) < 4.78 is 19.0. The summed E-state index contributed by atoms with van der Waals surface area (Å²) in [6.45, 7) is 0. The summed E-state index contributed by atoms with van der Waals surface area (Å²) in [4.78, 5) is 3.83. The molecule has 0 atom stereocenters. The maximum absolute atomic E-state index is 13.8. The van der Waals surface area contributed by atoms with Crippen LogP contribution in [0.5, 0.6) is 11.5 Å². The molecule has 17 heavy (non-hydrogen) atoms. The van der Waals surface area contributed by atoms with Gasteiger partial charge in [0.15, 0.2) is 11.6 Å². The second kappa shape index (κ2) is 4.47. The normalized spacial score (nSPS) is 10.2. The summed E-state index contributed by atoms with van der Waals surface area (Å²) in [7, 11) is 0. The highest BCUT2D eigenvalue weighted by atomic mass is 35.5. The summed E-state index contributed by atoms with van der Waals surface area (Å²) in [5, 5.41) is -0.210. The van der Waals surface area contributed by atoms with Crippen LogP contribution in [0.25, 0.3) is 0 Å². The van der Waals surface area contributed by atoms with Crippen molar-refractivity contribution in [3.05, 3.63) is 41.4 Å². The van der Waals surface area contributed by atoms with Crippen LogP contribution >= 0.6 is 11.6 Å². The first-order valence-electron chi connectivity index (χ1n) is 4.70. The standard InChI is InChI=1S/C11H9ClFN3O/c12-9-7(14)4-8(15)11(10(9)13)17-6-2-1-3-16-5-6/h1-5H,14-15H2. The van der Waals surface area contributed by atoms with Gasteiger partial charge in [-0.1, -0.05) is 11.6 Å². The number of halogens is 2. The monoisotopic (exact) mass is 253 g/mol. The van der Waals surface area contributed by atoms with Crippen molar-refractivity contribution < 1.29 is 9.13 Å². The number of anilines is 2. The smallest absolute Gasteiger partial charge is 0.188 e. The first-order valence-corrected chi connectivity index (χ1v) is 5.08. The number of nitrogens with zero attached hydrogens (tertiary/aromatic N) is 1. The van der Waals surface area contributed by atoms with Crippen LogP contribution in [0.2, 0.25) is 5.02 Å². The summed E-state index contributed by atoms with van der Waals surface area (Å²) >= 11 is 5.67. The van der Waals surface area contributed by atoms with Crippen molar-refractivity contribution in [2.45, 2.75) is 0 Å². The molecule has 0 unspecified atom stereocenters. The number of hydrogen-bond donors (Lipinski definition) is 2. The molecule has 88 valence electrons. The van der Waals surface area contributed by atoms with E-state index in [0.29, 0.717) is 5.75 Å². The average Bonchev–Trinajstić information content (AvgIpc) is 2.33. The molecule has 0 amide bonds. The van der Waals surface area contributed by atoms with Crippen LogP contribution in [0.1, 0.15) is 0 Å². The zero-order valence-electron chi connectivity index (χ0n) is 8.65. The fourth-order valence-corrected chi connectivity index (χ4v) is 1.42. The second-order valence-electron chi connectivity index (χ2n) is 3.30. The molecule has 1 heterocycles. The molecule has 0 aliphatic heterocycles. The molecule has 0 fully saturated rings. The van der Waals surface area contributed by atoms with Crippen molar-refractivity contribution in [2.75, 3.05) is 11.5 Å². The van der Waals surface area contributed by atoms with Crippen molar-refractivity contribution in [1.82, 2.24) is 4.98 Å². The Kier molecular flexibility index (Phi) is 3.01. The van der Waals surface area contributed by atoms with Crippen LogP contribution in [0.4, 0.5) is 15.8 Å². The van der Waals surface area contributed by atoms with Gasteiger partial charge < -0.3 is 16.2 Å². The Balaban J connectivity index is 2.43. The SMILES string of the molecule is Nc1cc(N)c(Oc2cccnc2)c(F)c1Cl. The minimum absolute atomic E-state index is 0.0696. The van der Waals surface area contributed by atoms with E-state index in [1.54, 1.807) is 18.3 Å². The molecule has 0 aliphatic rings. The third-order valence-corrected chi connectivity index (χ3v) is 2.46. The lowest BCUT2D eigenvalue weighted by Crippen LogP contribution is -1.99. The quantitative estimate of drug-likeness (QED) is 0.807. The molecule has 0 saturated heterocycles. The van der Waals surface area contributed by atoms with Crippen molar-refractivity contribution in [1.29, 1.82) is 0 Å². The first kappa shape index (κ1) is 11.5. The van der Waals surface area contributed by atoms with Gasteiger partial charge in [-0.3, -0.25) is 4.98 Å². The highest BCUT2D eigenvalue weighted by Gasteiger charge is 2.16. The van der Waals surface area contributed by atoms with Crippen molar-refractivity contribution >= 4 is 23.0 Å². The summed E-state index contributed by atoms with van der Waals surface area (Å²) in [6, 6.07) is 4.62.